The Morgan fingerprint density at radius 1 is 1.52 bits per heavy atom. The zero-order valence-corrected chi connectivity index (χ0v) is 13.6. The first kappa shape index (κ1) is 16.0. The minimum atomic E-state index is 0.141. The van der Waals surface area contributed by atoms with Crippen molar-refractivity contribution in [1.82, 2.24) is 20.0 Å². The van der Waals surface area contributed by atoms with E-state index in [9.17, 15) is 4.79 Å². The molecule has 1 N–H and O–H groups in total. The smallest absolute Gasteiger partial charge is 0.257 e. The molecule has 1 aromatic rings. The van der Waals surface area contributed by atoms with Crippen LogP contribution in [0.25, 0.3) is 0 Å². The number of nitrogens with one attached hydrogen (secondary N) is 1. The maximum Gasteiger partial charge on any atom is 0.257 e. The Hall–Kier alpha value is -1.36. The molecule has 5 nitrogen and oxygen atoms in total. The van der Waals surface area contributed by atoms with Gasteiger partial charge in [-0.2, -0.15) is 5.10 Å². The lowest BCUT2D eigenvalue weighted by molar-refractivity contribution is 0.0738. The number of amides is 1. The normalized spacial score (nSPS) is 18.1. The van der Waals surface area contributed by atoms with Crippen LogP contribution in [0.15, 0.2) is 6.20 Å². The van der Waals surface area contributed by atoms with E-state index in [0.29, 0.717) is 6.04 Å². The first-order valence-electron chi connectivity index (χ1n) is 8.20. The highest BCUT2D eigenvalue weighted by molar-refractivity contribution is 5.95. The van der Waals surface area contributed by atoms with Gasteiger partial charge in [0.25, 0.3) is 5.91 Å². The average molecular weight is 292 g/mol. The number of carbonyl (C=O) groups excluding carboxylic acids is 1. The molecule has 0 bridgehead atoms. The molecule has 1 amide bonds. The Bertz CT molecular complexity index is 463. The number of unbranched alkanes of at least 4 members (excludes halogenated alkanes) is 1. The van der Waals surface area contributed by atoms with Gasteiger partial charge in [0.1, 0.15) is 0 Å². The molecule has 21 heavy (non-hydrogen) atoms. The van der Waals surface area contributed by atoms with Crippen LogP contribution in [0.5, 0.6) is 0 Å². The minimum Gasteiger partial charge on any atom is -0.337 e. The standard InChI is InChI=1S/C16H28N4O/c1-4-6-10-20(11-13-8-7-9-17-13)16(21)14-12-19(3)18-15(14)5-2/h12-13,17H,4-11H2,1-3H3. The number of rotatable bonds is 7. The van der Waals surface area contributed by atoms with E-state index in [2.05, 4.69) is 17.3 Å². The minimum absolute atomic E-state index is 0.141. The zero-order valence-electron chi connectivity index (χ0n) is 13.6. The fourth-order valence-electron chi connectivity index (χ4n) is 2.95. The third-order valence-electron chi connectivity index (χ3n) is 4.14. The first-order chi connectivity index (χ1) is 10.2. The van der Waals surface area contributed by atoms with E-state index in [1.165, 1.54) is 12.8 Å². The number of hydrogen-bond acceptors (Lipinski definition) is 3. The lowest BCUT2D eigenvalue weighted by Gasteiger charge is -2.25. The molecule has 1 aliphatic rings. The summed E-state index contributed by atoms with van der Waals surface area (Å²) in [7, 11) is 1.88. The van der Waals surface area contributed by atoms with E-state index in [1.807, 2.05) is 25.1 Å². The summed E-state index contributed by atoms with van der Waals surface area (Å²) in [5.74, 6) is 0.141. The molecule has 1 unspecified atom stereocenters. The summed E-state index contributed by atoms with van der Waals surface area (Å²) >= 11 is 0. The highest BCUT2D eigenvalue weighted by Crippen LogP contribution is 2.14. The second-order valence-electron chi connectivity index (χ2n) is 5.91. The van der Waals surface area contributed by atoms with Gasteiger partial charge in [0.05, 0.1) is 11.3 Å². The van der Waals surface area contributed by atoms with Crippen molar-refractivity contribution >= 4 is 5.91 Å². The van der Waals surface area contributed by atoms with Crippen LogP contribution < -0.4 is 5.32 Å². The monoisotopic (exact) mass is 292 g/mol. The zero-order chi connectivity index (χ0) is 15.2. The molecule has 2 heterocycles. The fraction of sp³-hybridized carbons (Fsp3) is 0.750. The number of aryl methyl sites for hydroxylation is 2. The van der Waals surface area contributed by atoms with E-state index in [0.717, 1.165) is 50.2 Å². The largest absolute Gasteiger partial charge is 0.337 e. The molecule has 1 aromatic heterocycles. The van der Waals surface area contributed by atoms with Gasteiger partial charge in [-0.15, -0.1) is 0 Å². The third kappa shape index (κ3) is 4.06. The molecule has 118 valence electrons. The molecule has 1 fully saturated rings. The van der Waals surface area contributed by atoms with Crippen LogP contribution in [0, 0.1) is 0 Å². The van der Waals surface area contributed by atoms with Crippen molar-refractivity contribution in [3.63, 3.8) is 0 Å². The topological polar surface area (TPSA) is 50.2 Å². The molecule has 0 aliphatic carbocycles. The maximum absolute atomic E-state index is 12.9. The Morgan fingerprint density at radius 2 is 2.33 bits per heavy atom. The number of nitrogens with zero attached hydrogens (tertiary/aromatic N) is 3. The number of carbonyl (C=O) groups is 1. The summed E-state index contributed by atoms with van der Waals surface area (Å²) in [5.41, 5.74) is 1.68. The molecule has 1 atom stereocenters. The van der Waals surface area contributed by atoms with Crippen molar-refractivity contribution in [2.45, 2.75) is 52.0 Å². The van der Waals surface area contributed by atoms with Crippen LogP contribution in [-0.4, -0.2) is 46.3 Å². The van der Waals surface area contributed by atoms with Crippen LogP contribution in [-0.2, 0) is 13.5 Å². The van der Waals surface area contributed by atoms with Gasteiger partial charge in [-0.3, -0.25) is 9.48 Å². The summed E-state index contributed by atoms with van der Waals surface area (Å²) in [6.07, 6.45) is 7.21. The predicted octanol–water partition coefficient (Wildman–Crippen LogP) is 1.98. The highest BCUT2D eigenvalue weighted by atomic mass is 16.2. The molecule has 2 rings (SSSR count). The first-order valence-corrected chi connectivity index (χ1v) is 8.20. The Morgan fingerprint density at radius 3 is 2.95 bits per heavy atom. The van der Waals surface area contributed by atoms with Gasteiger partial charge >= 0.3 is 0 Å². The van der Waals surface area contributed by atoms with Crippen LogP contribution in [0.2, 0.25) is 0 Å². The van der Waals surface area contributed by atoms with Gasteiger partial charge in [-0.25, -0.2) is 0 Å². The Labute approximate surface area is 127 Å². The third-order valence-corrected chi connectivity index (χ3v) is 4.14. The van der Waals surface area contributed by atoms with E-state index in [4.69, 9.17) is 0 Å². The van der Waals surface area contributed by atoms with Crippen LogP contribution in [0.3, 0.4) is 0 Å². The van der Waals surface area contributed by atoms with Gasteiger partial charge in [0.15, 0.2) is 0 Å². The van der Waals surface area contributed by atoms with Crippen molar-refractivity contribution < 1.29 is 4.79 Å². The molecule has 0 spiro atoms. The maximum atomic E-state index is 12.9. The van der Waals surface area contributed by atoms with E-state index in [-0.39, 0.29) is 5.91 Å². The molecule has 5 heteroatoms. The van der Waals surface area contributed by atoms with Crippen LogP contribution in [0.1, 0.15) is 55.6 Å². The highest BCUT2D eigenvalue weighted by Gasteiger charge is 2.24. The Kier molecular flexibility index (Phi) is 5.79. The quantitative estimate of drug-likeness (QED) is 0.836. The summed E-state index contributed by atoms with van der Waals surface area (Å²) < 4.78 is 1.75. The van der Waals surface area contributed by atoms with Gasteiger partial charge in [-0.1, -0.05) is 20.3 Å². The summed E-state index contributed by atoms with van der Waals surface area (Å²) in [6, 6.07) is 0.451. The van der Waals surface area contributed by atoms with Gasteiger partial charge in [0, 0.05) is 32.4 Å². The van der Waals surface area contributed by atoms with Crippen LogP contribution in [0.4, 0.5) is 0 Å². The molecular formula is C16H28N4O. The SMILES string of the molecule is CCCCN(CC1CCCN1)C(=O)c1cn(C)nc1CC. The van der Waals surface area contributed by atoms with Crippen molar-refractivity contribution in [3.05, 3.63) is 17.5 Å². The summed E-state index contributed by atoms with van der Waals surface area (Å²) in [5, 5.41) is 7.89. The summed E-state index contributed by atoms with van der Waals surface area (Å²) in [4.78, 5) is 14.9. The van der Waals surface area contributed by atoms with Gasteiger partial charge < -0.3 is 10.2 Å². The van der Waals surface area contributed by atoms with E-state index >= 15 is 0 Å². The number of hydrogen-bond donors (Lipinski definition) is 1. The van der Waals surface area contributed by atoms with Crippen molar-refractivity contribution in [2.24, 2.45) is 7.05 Å². The van der Waals surface area contributed by atoms with E-state index in [1.54, 1.807) is 4.68 Å². The lowest BCUT2D eigenvalue weighted by Crippen LogP contribution is -2.41. The van der Waals surface area contributed by atoms with Gasteiger partial charge in [-0.05, 0) is 32.2 Å². The van der Waals surface area contributed by atoms with Crippen molar-refractivity contribution in [3.8, 4) is 0 Å². The average Bonchev–Trinajstić information content (AvgIpc) is 3.11. The number of aromatic nitrogens is 2. The molecule has 0 aromatic carbocycles. The molecular weight excluding hydrogens is 264 g/mol. The van der Waals surface area contributed by atoms with E-state index < -0.39 is 0 Å². The van der Waals surface area contributed by atoms with Gasteiger partial charge in [0.2, 0.25) is 0 Å². The molecule has 1 aliphatic heterocycles. The Balaban J connectivity index is 2.11. The fourth-order valence-corrected chi connectivity index (χ4v) is 2.95. The van der Waals surface area contributed by atoms with Crippen molar-refractivity contribution in [1.29, 1.82) is 0 Å². The van der Waals surface area contributed by atoms with Crippen LogP contribution >= 0.6 is 0 Å². The van der Waals surface area contributed by atoms with Crippen molar-refractivity contribution in [2.75, 3.05) is 19.6 Å². The second kappa shape index (κ2) is 7.59. The molecule has 0 saturated carbocycles. The molecule has 0 radical (unpaired) electrons. The second-order valence-corrected chi connectivity index (χ2v) is 5.91. The lowest BCUT2D eigenvalue weighted by atomic mass is 10.1. The predicted molar refractivity (Wildman–Crippen MR) is 84.4 cm³/mol. The summed E-state index contributed by atoms with van der Waals surface area (Å²) in [6.45, 7) is 6.95. The molecule has 1 saturated heterocycles.